The maximum absolute atomic E-state index is 15.4. The van der Waals surface area contributed by atoms with Crippen molar-refractivity contribution in [1.82, 2.24) is 24.2 Å². The number of H-pyrrole nitrogens is 1. The number of carbonyl (C=O) groups excluding carboxylic acids is 1. The number of aromatic amines is 1. The SMILES string of the molecule is CCc1nc2c(ncn2[C@@H]2O[C@H](COP(=O)(OCCSC(C)=O)N(C)C)[C@](C)(O)C2F)c(=O)[nH]1. The standard InChI is InChI=1S/C19H29FN5O7PS/c1-6-13-22-16-14(17(27)23-13)21-10-25(16)18-15(20)19(3,28)12(32-18)9-31-33(29,24(4)5)30-7-8-34-11(2)26/h10,12,15,18,28H,6-9H2,1-5H3,(H,22,23,27)/t12-,15?,18-,19+,33?/m1/s1. The minimum atomic E-state index is -3.80. The molecule has 34 heavy (non-hydrogen) atoms. The van der Waals surface area contributed by atoms with E-state index in [0.29, 0.717) is 12.2 Å². The molecule has 1 saturated heterocycles. The first kappa shape index (κ1) is 26.9. The van der Waals surface area contributed by atoms with Gasteiger partial charge in [-0.2, -0.15) is 0 Å². The van der Waals surface area contributed by atoms with E-state index in [4.69, 9.17) is 13.8 Å². The second-order valence-corrected chi connectivity index (χ2v) is 11.6. The average Bonchev–Trinajstić information content (AvgIpc) is 3.28. The normalized spacial score (nSPS) is 26.9. The molecule has 12 nitrogen and oxygen atoms in total. The molecule has 0 aromatic carbocycles. The van der Waals surface area contributed by atoms with Gasteiger partial charge in [-0.25, -0.2) is 23.6 Å². The van der Waals surface area contributed by atoms with Crippen molar-refractivity contribution in [3.05, 3.63) is 22.5 Å². The summed E-state index contributed by atoms with van der Waals surface area (Å²) < 4.78 is 47.6. The zero-order valence-electron chi connectivity index (χ0n) is 19.6. The van der Waals surface area contributed by atoms with Crippen molar-refractivity contribution >= 4 is 35.8 Å². The van der Waals surface area contributed by atoms with Crippen molar-refractivity contribution < 1.29 is 32.6 Å². The second-order valence-electron chi connectivity index (χ2n) is 8.12. The third kappa shape index (κ3) is 5.43. The summed E-state index contributed by atoms with van der Waals surface area (Å²) in [6.07, 6.45) is -2.83. The zero-order valence-corrected chi connectivity index (χ0v) is 21.3. The number of alkyl halides is 1. The van der Waals surface area contributed by atoms with Crippen molar-refractivity contribution in [2.24, 2.45) is 0 Å². The van der Waals surface area contributed by atoms with Gasteiger partial charge in [-0.3, -0.25) is 23.2 Å². The van der Waals surface area contributed by atoms with Gasteiger partial charge < -0.3 is 14.8 Å². The lowest BCUT2D eigenvalue weighted by Gasteiger charge is -2.28. The molecule has 2 unspecified atom stereocenters. The molecule has 5 atom stereocenters. The Hall–Kier alpha value is -1.67. The molecule has 0 amide bonds. The molecule has 0 aliphatic carbocycles. The third-order valence-electron chi connectivity index (χ3n) is 5.38. The van der Waals surface area contributed by atoms with E-state index in [1.54, 1.807) is 6.92 Å². The lowest BCUT2D eigenvalue weighted by molar-refractivity contribution is -0.109. The van der Waals surface area contributed by atoms with E-state index in [-0.39, 0.29) is 28.6 Å². The Morgan fingerprint density at radius 2 is 2.18 bits per heavy atom. The number of nitrogens with one attached hydrogen (secondary N) is 1. The lowest BCUT2D eigenvalue weighted by Crippen LogP contribution is -2.44. The molecule has 3 rings (SSSR count). The highest BCUT2D eigenvalue weighted by Gasteiger charge is 2.55. The molecule has 1 aliphatic heterocycles. The van der Waals surface area contributed by atoms with E-state index in [1.807, 2.05) is 0 Å². The van der Waals surface area contributed by atoms with Crippen LogP contribution in [-0.4, -0.2) is 85.3 Å². The molecule has 3 heterocycles. The van der Waals surface area contributed by atoms with Crippen LogP contribution in [-0.2, 0) is 29.6 Å². The Bertz CT molecular complexity index is 1140. The van der Waals surface area contributed by atoms with Crippen molar-refractivity contribution in [2.45, 2.75) is 51.3 Å². The second kappa shape index (κ2) is 10.5. The fraction of sp³-hybridized carbons (Fsp3) is 0.684. The summed E-state index contributed by atoms with van der Waals surface area (Å²) in [7, 11) is -0.827. The number of imidazole rings is 1. The number of aryl methyl sites for hydroxylation is 1. The number of rotatable bonds is 10. The molecule has 1 aliphatic rings. The van der Waals surface area contributed by atoms with Crippen LogP contribution in [0.3, 0.4) is 0 Å². The van der Waals surface area contributed by atoms with Gasteiger partial charge in [-0.15, -0.1) is 0 Å². The number of halogens is 1. The van der Waals surface area contributed by atoms with E-state index in [0.717, 1.165) is 11.8 Å². The number of aromatic nitrogens is 4. The van der Waals surface area contributed by atoms with E-state index < -0.39 is 44.0 Å². The summed E-state index contributed by atoms with van der Waals surface area (Å²) in [6, 6.07) is 0. The molecule has 2 N–H and O–H groups in total. The molecular formula is C19H29FN5O7PS. The smallest absolute Gasteiger partial charge is 0.384 e. The summed E-state index contributed by atoms with van der Waals surface area (Å²) >= 11 is 1.02. The van der Waals surface area contributed by atoms with Crippen LogP contribution in [0.5, 0.6) is 0 Å². The molecule has 2 aromatic rings. The van der Waals surface area contributed by atoms with Gasteiger partial charge in [0.2, 0.25) is 0 Å². The third-order valence-corrected chi connectivity index (χ3v) is 8.12. The Morgan fingerprint density at radius 3 is 2.79 bits per heavy atom. The minimum absolute atomic E-state index is 0.0151. The van der Waals surface area contributed by atoms with Gasteiger partial charge in [0.1, 0.15) is 17.5 Å². The van der Waals surface area contributed by atoms with Crippen LogP contribution in [0.2, 0.25) is 0 Å². The maximum atomic E-state index is 15.4. The number of nitrogens with zero attached hydrogens (tertiary/aromatic N) is 4. The van der Waals surface area contributed by atoms with Crippen molar-refractivity contribution in [1.29, 1.82) is 0 Å². The number of hydrogen-bond donors (Lipinski definition) is 2. The van der Waals surface area contributed by atoms with Gasteiger partial charge in [-0.05, 0) is 21.0 Å². The van der Waals surface area contributed by atoms with Crippen LogP contribution in [0.4, 0.5) is 4.39 Å². The fourth-order valence-corrected chi connectivity index (χ4v) is 5.11. The quantitative estimate of drug-likeness (QED) is 0.347. The number of aliphatic hydroxyl groups is 1. The van der Waals surface area contributed by atoms with Crippen molar-refractivity contribution in [3.63, 3.8) is 0 Å². The van der Waals surface area contributed by atoms with Crippen LogP contribution in [0.25, 0.3) is 11.2 Å². The summed E-state index contributed by atoms with van der Waals surface area (Å²) in [6.45, 7) is 4.00. The average molecular weight is 522 g/mol. The topological polar surface area (TPSA) is 149 Å². The Labute approximate surface area is 199 Å². The van der Waals surface area contributed by atoms with Crippen molar-refractivity contribution in [2.75, 3.05) is 33.1 Å². The predicted molar refractivity (Wildman–Crippen MR) is 123 cm³/mol. The summed E-state index contributed by atoms with van der Waals surface area (Å²) in [5.41, 5.74) is -2.35. The van der Waals surface area contributed by atoms with Gasteiger partial charge in [-0.1, -0.05) is 18.7 Å². The first-order valence-corrected chi connectivity index (χ1v) is 13.1. The number of ether oxygens (including phenoxy) is 1. The van der Waals surface area contributed by atoms with E-state index in [2.05, 4.69) is 15.0 Å². The molecule has 0 saturated carbocycles. The van der Waals surface area contributed by atoms with Gasteiger partial charge >= 0.3 is 7.75 Å². The van der Waals surface area contributed by atoms with Crippen LogP contribution >= 0.6 is 19.5 Å². The molecule has 2 aromatic heterocycles. The van der Waals surface area contributed by atoms with Gasteiger partial charge in [0.15, 0.2) is 28.7 Å². The van der Waals surface area contributed by atoms with E-state index >= 15 is 4.39 Å². The van der Waals surface area contributed by atoms with Gasteiger partial charge in [0, 0.05) is 19.1 Å². The minimum Gasteiger partial charge on any atom is -0.384 e. The van der Waals surface area contributed by atoms with Crippen molar-refractivity contribution in [3.8, 4) is 0 Å². The maximum Gasteiger partial charge on any atom is 0.407 e. The molecule has 190 valence electrons. The lowest BCUT2D eigenvalue weighted by atomic mass is 9.96. The molecular weight excluding hydrogens is 492 g/mol. The Balaban J connectivity index is 1.78. The number of thioether (sulfide) groups is 1. The van der Waals surface area contributed by atoms with Crippen LogP contribution in [0, 0.1) is 0 Å². The van der Waals surface area contributed by atoms with E-state index in [1.165, 1.54) is 43.5 Å². The highest BCUT2D eigenvalue weighted by molar-refractivity contribution is 8.13. The summed E-state index contributed by atoms with van der Waals surface area (Å²) in [4.78, 5) is 34.2. The summed E-state index contributed by atoms with van der Waals surface area (Å²) in [5.74, 6) is 0.675. The number of fused-ring (bicyclic) bond motifs is 1. The number of carbonyl (C=O) groups is 1. The largest absolute Gasteiger partial charge is 0.407 e. The fourth-order valence-electron chi connectivity index (χ4n) is 3.35. The molecule has 1 fully saturated rings. The number of hydrogen-bond acceptors (Lipinski definition) is 10. The van der Waals surface area contributed by atoms with Crippen LogP contribution in [0.1, 0.15) is 32.8 Å². The molecule has 15 heteroatoms. The Morgan fingerprint density at radius 1 is 1.47 bits per heavy atom. The highest BCUT2D eigenvalue weighted by atomic mass is 32.2. The first-order chi connectivity index (χ1) is 15.9. The first-order valence-electron chi connectivity index (χ1n) is 10.6. The molecule has 0 radical (unpaired) electrons. The molecule has 0 spiro atoms. The Kier molecular flexibility index (Phi) is 8.33. The van der Waals surface area contributed by atoms with Gasteiger partial charge in [0.05, 0.1) is 19.5 Å². The highest BCUT2D eigenvalue weighted by Crippen LogP contribution is 2.51. The predicted octanol–water partition coefficient (Wildman–Crippen LogP) is 1.65. The summed E-state index contributed by atoms with van der Waals surface area (Å²) in [5, 5.41) is 10.7. The van der Waals surface area contributed by atoms with Gasteiger partial charge in [0.25, 0.3) is 5.56 Å². The van der Waals surface area contributed by atoms with E-state index in [9.17, 15) is 19.3 Å². The zero-order chi connectivity index (χ0) is 25.3. The van der Waals surface area contributed by atoms with Crippen LogP contribution < -0.4 is 5.56 Å². The van der Waals surface area contributed by atoms with Crippen LogP contribution in [0.15, 0.2) is 11.1 Å². The molecule has 0 bridgehead atoms. The monoisotopic (exact) mass is 521 g/mol.